The lowest BCUT2D eigenvalue weighted by molar-refractivity contribution is 0.407. The fourth-order valence-electron chi connectivity index (χ4n) is 1.15. The molecule has 0 amide bonds. The Morgan fingerprint density at radius 3 is 2.82 bits per heavy atom. The van der Waals surface area contributed by atoms with Crippen molar-refractivity contribution in [3.63, 3.8) is 0 Å². The number of aromatic nitrogens is 1. The van der Waals surface area contributed by atoms with E-state index < -0.39 is 0 Å². The number of methoxy groups -OCH3 is 1. The lowest BCUT2D eigenvalue weighted by Gasteiger charge is -2.03. The summed E-state index contributed by atoms with van der Waals surface area (Å²) < 4.78 is 5.49. The van der Waals surface area contributed by atoms with Crippen LogP contribution in [0.25, 0.3) is 5.70 Å². The predicted octanol–water partition coefficient (Wildman–Crippen LogP) is 2.60. The summed E-state index contributed by atoms with van der Waals surface area (Å²) in [5, 5.41) is 0. The SMILES string of the molecule is C=C(/N=C(\C=C(/N)Br)OC)c1cccc(C)n1. The highest BCUT2D eigenvalue weighted by molar-refractivity contribution is 9.11. The van der Waals surface area contributed by atoms with E-state index in [2.05, 4.69) is 32.5 Å². The third-order valence-corrected chi connectivity index (χ3v) is 2.13. The molecule has 0 saturated carbocycles. The quantitative estimate of drug-likeness (QED) is 0.530. The fraction of sp³-hybridized carbons (Fsp3) is 0.167. The van der Waals surface area contributed by atoms with E-state index in [4.69, 9.17) is 10.5 Å². The molecular weight excluding hydrogens is 282 g/mol. The largest absolute Gasteiger partial charge is 0.481 e. The topological polar surface area (TPSA) is 60.5 Å². The van der Waals surface area contributed by atoms with E-state index in [0.29, 0.717) is 21.9 Å². The molecule has 1 heterocycles. The van der Waals surface area contributed by atoms with Gasteiger partial charge in [0.15, 0.2) is 0 Å². The molecule has 0 spiro atoms. The number of nitrogens with two attached hydrogens (primary N) is 1. The molecule has 0 aliphatic carbocycles. The van der Waals surface area contributed by atoms with Gasteiger partial charge in [-0.2, -0.15) is 0 Å². The fourth-order valence-corrected chi connectivity index (χ4v) is 1.34. The number of aryl methyl sites for hydroxylation is 1. The zero-order valence-electron chi connectivity index (χ0n) is 9.77. The van der Waals surface area contributed by atoms with Gasteiger partial charge in [0.05, 0.1) is 23.1 Å². The van der Waals surface area contributed by atoms with Crippen LogP contribution in [0.2, 0.25) is 0 Å². The Kier molecular flexibility index (Phi) is 4.90. The third-order valence-electron chi connectivity index (χ3n) is 1.90. The van der Waals surface area contributed by atoms with Gasteiger partial charge in [-0.1, -0.05) is 12.6 Å². The van der Waals surface area contributed by atoms with Crippen LogP contribution in [0.15, 0.2) is 40.5 Å². The van der Waals surface area contributed by atoms with Gasteiger partial charge < -0.3 is 10.5 Å². The van der Waals surface area contributed by atoms with Crippen molar-refractivity contribution in [1.82, 2.24) is 4.98 Å². The van der Waals surface area contributed by atoms with Crippen molar-refractivity contribution in [3.8, 4) is 0 Å². The van der Waals surface area contributed by atoms with Crippen LogP contribution in [-0.4, -0.2) is 18.0 Å². The molecule has 0 fully saturated rings. The average Bonchev–Trinajstić information content (AvgIpc) is 2.27. The molecule has 17 heavy (non-hydrogen) atoms. The Labute approximate surface area is 109 Å². The van der Waals surface area contributed by atoms with Crippen LogP contribution in [0.4, 0.5) is 0 Å². The summed E-state index contributed by atoms with van der Waals surface area (Å²) in [6.45, 7) is 5.76. The summed E-state index contributed by atoms with van der Waals surface area (Å²) in [5.74, 6) is 0.368. The molecule has 0 saturated heterocycles. The maximum Gasteiger partial charge on any atom is 0.216 e. The minimum Gasteiger partial charge on any atom is -0.481 e. The number of pyridine rings is 1. The van der Waals surface area contributed by atoms with Crippen LogP contribution in [0.5, 0.6) is 0 Å². The van der Waals surface area contributed by atoms with Crippen LogP contribution < -0.4 is 5.73 Å². The molecule has 0 atom stereocenters. The average molecular weight is 296 g/mol. The van der Waals surface area contributed by atoms with Crippen LogP contribution >= 0.6 is 15.9 Å². The number of ether oxygens (including phenoxy) is 1. The number of hydrogen-bond acceptors (Lipinski definition) is 4. The maximum absolute atomic E-state index is 5.48. The standard InChI is InChI=1S/C12H14BrN3O/c1-8-5-4-6-10(15-8)9(2)16-12(17-3)7-11(13)14/h4-7H,2,14H2,1,3H3/b11-7-,16-12+. The first kappa shape index (κ1) is 13.4. The van der Waals surface area contributed by atoms with Gasteiger partial charge >= 0.3 is 0 Å². The van der Waals surface area contributed by atoms with Gasteiger partial charge in [0.2, 0.25) is 5.90 Å². The summed E-state index contributed by atoms with van der Waals surface area (Å²) >= 11 is 3.11. The van der Waals surface area contributed by atoms with Crippen molar-refractivity contribution < 1.29 is 4.74 Å². The summed E-state index contributed by atoms with van der Waals surface area (Å²) in [4.78, 5) is 8.51. The van der Waals surface area contributed by atoms with E-state index in [0.717, 1.165) is 5.69 Å². The Bertz CT molecular complexity index is 476. The summed E-state index contributed by atoms with van der Waals surface area (Å²) in [5.41, 5.74) is 7.62. The van der Waals surface area contributed by atoms with Gasteiger partial charge in [0.25, 0.3) is 0 Å². The number of rotatable bonds is 3. The second-order valence-corrected chi connectivity index (χ2v) is 4.21. The first-order valence-corrected chi connectivity index (χ1v) is 5.70. The zero-order valence-corrected chi connectivity index (χ0v) is 11.4. The molecule has 0 aliphatic heterocycles. The van der Waals surface area contributed by atoms with E-state index in [1.165, 1.54) is 7.11 Å². The van der Waals surface area contributed by atoms with Gasteiger partial charge in [-0.25, -0.2) is 4.99 Å². The van der Waals surface area contributed by atoms with E-state index >= 15 is 0 Å². The number of aliphatic imine (C=N–C) groups is 1. The second-order valence-electron chi connectivity index (χ2n) is 3.29. The Balaban J connectivity index is 2.98. The Hall–Kier alpha value is -1.62. The highest BCUT2D eigenvalue weighted by Crippen LogP contribution is 2.12. The van der Waals surface area contributed by atoms with E-state index in [1.807, 2.05) is 25.1 Å². The van der Waals surface area contributed by atoms with Crippen molar-refractivity contribution in [2.45, 2.75) is 6.92 Å². The Morgan fingerprint density at radius 1 is 1.59 bits per heavy atom. The van der Waals surface area contributed by atoms with Crippen molar-refractivity contribution in [2.24, 2.45) is 10.7 Å². The summed E-state index contributed by atoms with van der Waals surface area (Å²) in [7, 11) is 1.52. The van der Waals surface area contributed by atoms with Gasteiger partial charge in [-0.15, -0.1) is 0 Å². The van der Waals surface area contributed by atoms with Crippen molar-refractivity contribution in [3.05, 3.63) is 46.8 Å². The highest BCUT2D eigenvalue weighted by atomic mass is 79.9. The Morgan fingerprint density at radius 2 is 2.29 bits per heavy atom. The van der Waals surface area contributed by atoms with Gasteiger partial charge in [-0.3, -0.25) is 4.98 Å². The van der Waals surface area contributed by atoms with Crippen LogP contribution in [0, 0.1) is 6.92 Å². The summed E-state index contributed by atoms with van der Waals surface area (Å²) in [6, 6.07) is 5.65. The zero-order chi connectivity index (χ0) is 12.8. The molecule has 4 nitrogen and oxygen atoms in total. The molecular formula is C12H14BrN3O. The molecule has 0 unspecified atom stereocenters. The lowest BCUT2D eigenvalue weighted by atomic mass is 10.2. The minimum atomic E-state index is 0.368. The van der Waals surface area contributed by atoms with Crippen molar-refractivity contribution in [2.75, 3.05) is 7.11 Å². The molecule has 0 aromatic carbocycles. The molecule has 1 aromatic heterocycles. The second kappa shape index (κ2) is 6.20. The maximum atomic E-state index is 5.48. The molecule has 5 heteroatoms. The van der Waals surface area contributed by atoms with Crippen molar-refractivity contribution in [1.29, 1.82) is 0 Å². The van der Waals surface area contributed by atoms with E-state index in [9.17, 15) is 0 Å². The predicted molar refractivity (Wildman–Crippen MR) is 73.6 cm³/mol. The molecule has 90 valence electrons. The molecule has 0 bridgehead atoms. The molecule has 1 aromatic rings. The van der Waals surface area contributed by atoms with Gasteiger partial charge in [-0.05, 0) is 35.0 Å². The number of halogens is 1. The normalized spacial score (nSPS) is 12.4. The minimum absolute atomic E-state index is 0.368. The van der Waals surface area contributed by atoms with Crippen LogP contribution in [0.1, 0.15) is 11.4 Å². The van der Waals surface area contributed by atoms with Gasteiger partial charge in [0, 0.05) is 11.8 Å². The lowest BCUT2D eigenvalue weighted by Crippen LogP contribution is -2.01. The van der Waals surface area contributed by atoms with Gasteiger partial charge in [0.1, 0.15) is 0 Å². The van der Waals surface area contributed by atoms with E-state index in [-0.39, 0.29) is 0 Å². The van der Waals surface area contributed by atoms with E-state index in [1.54, 1.807) is 6.08 Å². The van der Waals surface area contributed by atoms with Crippen LogP contribution in [-0.2, 0) is 4.74 Å². The first-order valence-electron chi connectivity index (χ1n) is 4.91. The monoisotopic (exact) mass is 295 g/mol. The molecule has 2 N–H and O–H groups in total. The first-order chi connectivity index (χ1) is 8.02. The summed E-state index contributed by atoms with van der Waals surface area (Å²) in [6.07, 6.45) is 1.56. The highest BCUT2D eigenvalue weighted by Gasteiger charge is 2.02. The molecule has 1 rings (SSSR count). The van der Waals surface area contributed by atoms with Crippen molar-refractivity contribution >= 4 is 27.5 Å². The molecule has 0 radical (unpaired) electrons. The number of hydrogen-bond donors (Lipinski definition) is 1. The van der Waals surface area contributed by atoms with Crippen LogP contribution in [0.3, 0.4) is 0 Å². The smallest absolute Gasteiger partial charge is 0.216 e. The third kappa shape index (κ3) is 4.40. The number of nitrogens with zero attached hydrogens (tertiary/aromatic N) is 2. The molecule has 0 aliphatic rings.